The fourth-order valence-corrected chi connectivity index (χ4v) is 2.77. The molecule has 1 unspecified atom stereocenters. The zero-order chi connectivity index (χ0) is 13.3. The molecule has 1 atom stereocenters. The van der Waals surface area contributed by atoms with Crippen molar-refractivity contribution in [2.75, 3.05) is 0 Å². The van der Waals surface area contributed by atoms with Gasteiger partial charge in [-0.1, -0.05) is 51.3 Å². The third-order valence-electron chi connectivity index (χ3n) is 3.09. The van der Waals surface area contributed by atoms with Gasteiger partial charge in [0.2, 0.25) is 0 Å². The molecular formula is C16H17BrO. The molecule has 2 rings (SSSR count). The van der Waals surface area contributed by atoms with Crippen LogP contribution in [0.3, 0.4) is 0 Å². The SMILES string of the molecule is Cc1cc(C)cc(C(O)c2ccc(Br)cc2C)c1. The number of rotatable bonds is 2. The maximum atomic E-state index is 10.5. The second-order valence-electron chi connectivity index (χ2n) is 4.82. The molecule has 0 aliphatic heterocycles. The van der Waals surface area contributed by atoms with E-state index in [4.69, 9.17) is 0 Å². The van der Waals surface area contributed by atoms with Crippen LogP contribution in [0.4, 0.5) is 0 Å². The highest BCUT2D eigenvalue weighted by Gasteiger charge is 2.13. The normalized spacial score (nSPS) is 12.5. The van der Waals surface area contributed by atoms with Gasteiger partial charge in [-0.3, -0.25) is 0 Å². The summed E-state index contributed by atoms with van der Waals surface area (Å²) in [6, 6.07) is 12.2. The third kappa shape index (κ3) is 2.82. The molecule has 2 aromatic carbocycles. The maximum absolute atomic E-state index is 10.5. The monoisotopic (exact) mass is 304 g/mol. The van der Waals surface area contributed by atoms with Gasteiger partial charge in [0, 0.05) is 4.47 Å². The molecule has 0 radical (unpaired) electrons. The van der Waals surface area contributed by atoms with Crippen molar-refractivity contribution in [3.63, 3.8) is 0 Å². The van der Waals surface area contributed by atoms with Crippen LogP contribution >= 0.6 is 15.9 Å². The summed E-state index contributed by atoms with van der Waals surface area (Å²) in [7, 11) is 0. The molecule has 1 N–H and O–H groups in total. The summed E-state index contributed by atoms with van der Waals surface area (Å²) < 4.78 is 1.04. The molecule has 0 bridgehead atoms. The Kier molecular flexibility index (Phi) is 3.88. The van der Waals surface area contributed by atoms with Crippen molar-refractivity contribution in [1.29, 1.82) is 0 Å². The van der Waals surface area contributed by atoms with Crippen LogP contribution in [0, 0.1) is 20.8 Å². The van der Waals surface area contributed by atoms with Gasteiger partial charge in [0.25, 0.3) is 0 Å². The predicted molar refractivity (Wildman–Crippen MR) is 78.9 cm³/mol. The van der Waals surface area contributed by atoms with Crippen molar-refractivity contribution in [3.8, 4) is 0 Å². The van der Waals surface area contributed by atoms with E-state index in [2.05, 4.69) is 35.8 Å². The summed E-state index contributed by atoms with van der Waals surface area (Å²) in [5.41, 5.74) is 5.37. The van der Waals surface area contributed by atoms with Crippen LogP contribution in [-0.2, 0) is 0 Å². The summed E-state index contributed by atoms with van der Waals surface area (Å²) in [6.45, 7) is 6.13. The minimum atomic E-state index is -0.559. The molecule has 0 aliphatic carbocycles. The van der Waals surface area contributed by atoms with Gasteiger partial charge < -0.3 is 5.11 Å². The minimum Gasteiger partial charge on any atom is -0.384 e. The van der Waals surface area contributed by atoms with E-state index in [9.17, 15) is 5.11 Å². The molecule has 94 valence electrons. The second kappa shape index (κ2) is 5.25. The Labute approximate surface area is 117 Å². The second-order valence-corrected chi connectivity index (χ2v) is 5.74. The first-order valence-corrected chi connectivity index (χ1v) is 6.79. The van der Waals surface area contributed by atoms with E-state index in [1.807, 2.05) is 37.3 Å². The van der Waals surface area contributed by atoms with Crippen molar-refractivity contribution in [1.82, 2.24) is 0 Å². The standard InChI is InChI=1S/C16H17BrO/c1-10-6-11(2)8-13(7-10)16(18)15-5-4-14(17)9-12(15)3/h4-9,16,18H,1-3H3. The fourth-order valence-electron chi connectivity index (χ4n) is 2.29. The third-order valence-corrected chi connectivity index (χ3v) is 3.58. The Morgan fingerprint density at radius 2 is 1.56 bits per heavy atom. The summed E-state index contributed by atoms with van der Waals surface area (Å²) >= 11 is 3.44. The quantitative estimate of drug-likeness (QED) is 0.868. The molecule has 0 saturated carbocycles. The van der Waals surface area contributed by atoms with E-state index >= 15 is 0 Å². The van der Waals surface area contributed by atoms with Gasteiger partial charge in [0.15, 0.2) is 0 Å². The van der Waals surface area contributed by atoms with Gasteiger partial charge in [0.05, 0.1) is 0 Å². The number of aliphatic hydroxyl groups excluding tert-OH is 1. The topological polar surface area (TPSA) is 20.2 Å². The lowest BCUT2D eigenvalue weighted by molar-refractivity contribution is 0.219. The molecule has 2 aromatic rings. The van der Waals surface area contributed by atoms with Crippen LogP contribution in [0.5, 0.6) is 0 Å². The summed E-state index contributed by atoms with van der Waals surface area (Å²) in [4.78, 5) is 0. The van der Waals surface area contributed by atoms with Crippen LogP contribution < -0.4 is 0 Å². The molecule has 18 heavy (non-hydrogen) atoms. The Morgan fingerprint density at radius 3 is 2.11 bits per heavy atom. The Bertz CT molecular complexity index is 555. The molecule has 0 fully saturated rings. The zero-order valence-corrected chi connectivity index (χ0v) is 12.5. The van der Waals surface area contributed by atoms with Crippen LogP contribution in [0.2, 0.25) is 0 Å². The van der Waals surface area contributed by atoms with Gasteiger partial charge in [-0.2, -0.15) is 0 Å². The Morgan fingerprint density at radius 1 is 0.944 bits per heavy atom. The number of aryl methyl sites for hydroxylation is 3. The van der Waals surface area contributed by atoms with Gasteiger partial charge >= 0.3 is 0 Å². The van der Waals surface area contributed by atoms with E-state index in [1.54, 1.807) is 0 Å². The van der Waals surface area contributed by atoms with Crippen LogP contribution in [0.1, 0.15) is 33.9 Å². The number of halogens is 1. The van der Waals surface area contributed by atoms with E-state index in [0.717, 1.165) is 21.2 Å². The van der Waals surface area contributed by atoms with Crippen molar-refractivity contribution in [3.05, 3.63) is 68.7 Å². The molecular weight excluding hydrogens is 288 g/mol. The van der Waals surface area contributed by atoms with E-state index in [-0.39, 0.29) is 0 Å². The lowest BCUT2D eigenvalue weighted by atomic mass is 9.95. The van der Waals surface area contributed by atoms with Crippen molar-refractivity contribution < 1.29 is 5.11 Å². The van der Waals surface area contributed by atoms with Crippen LogP contribution in [0.25, 0.3) is 0 Å². The van der Waals surface area contributed by atoms with Gasteiger partial charge in [-0.15, -0.1) is 0 Å². The van der Waals surface area contributed by atoms with Gasteiger partial charge in [0.1, 0.15) is 6.10 Å². The predicted octanol–water partition coefficient (Wildman–Crippen LogP) is 4.46. The molecule has 0 aromatic heterocycles. The molecule has 1 nitrogen and oxygen atoms in total. The first kappa shape index (κ1) is 13.3. The average molecular weight is 305 g/mol. The minimum absolute atomic E-state index is 0.559. The first-order valence-electron chi connectivity index (χ1n) is 5.99. The fraction of sp³-hybridized carbons (Fsp3) is 0.250. The summed E-state index contributed by atoms with van der Waals surface area (Å²) in [5, 5.41) is 10.5. The number of hydrogen-bond acceptors (Lipinski definition) is 1. The molecule has 0 amide bonds. The first-order chi connectivity index (χ1) is 8.47. The molecule has 0 aliphatic rings. The Hall–Kier alpha value is -1.12. The van der Waals surface area contributed by atoms with E-state index < -0.39 is 6.10 Å². The highest BCUT2D eigenvalue weighted by atomic mass is 79.9. The number of aliphatic hydroxyl groups is 1. The number of hydrogen-bond donors (Lipinski definition) is 1. The van der Waals surface area contributed by atoms with Crippen LogP contribution in [0.15, 0.2) is 40.9 Å². The summed E-state index contributed by atoms with van der Waals surface area (Å²) in [6.07, 6.45) is -0.559. The lowest BCUT2D eigenvalue weighted by Gasteiger charge is -2.16. The van der Waals surface area contributed by atoms with Crippen molar-refractivity contribution in [2.24, 2.45) is 0 Å². The molecule has 0 saturated heterocycles. The molecule has 2 heteroatoms. The number of benzene rings is 2. The van der Waals surface area contributed by atoms with Crippen LogP contribution in [-0.4, -0.2) is 5.11 Å². The Balaban J connectivity index is 2.44. The van der Waals surface area contributed by atoms with Crippen molar-refractivity contribution in [2.45, 2.75) is 26.9 Å². The lowest BCUT2D eigenvalue weighted by Crippen LogP contribution is -2.02. The maximum Gasteiger partial charge on any atom is 0.104 e. The zero-order valence-electron chi connectivity index (χ0n) is 10.9. The largest absolute Gasteiger partial charge is 0.384 e. The smallest absolute Gasteiger partial charge is 0.104 e. The summed E-state index contributed by atoms with van der Waals surface area (Å²) in [5.74, 6) is 0. The average Bonchev–Trinajstić information content (AvgIpc) is 2.26. The van der Waals surface area contributed by atoms with Gasteiger partial charge in [-0.05, 0) is 49.6 Å². The molecule has 0 spiro atoms. The van der Waals surface area contributed by atoms with E-state index in [1.165, 1.54) is 11.1 Å². The highest BCUT2D eigenvalue weighted by Crippen LogP contribution is 2.28. The van der Waals surface area contributed by atoms with Crippen molar-refractivity contribution >= 4 is 15.9 Å². The van der Waals surface area contributed by atoms with E-state index in [0.29, 0.717) is 0 Å². The highest BCUT2D eigenvalue weighted by molar-refractivity contribution is 9.10. The van der Waals surface area contributed by atoms with Gasteiger partial charge in [-0.25, -0.2) is 0 Å². The molecule has 0 heterocycles.